The molecule has 3 aromatic carbocycles. The molecule has 3 aromatic rings. The van der Waals surface area contributed by atoms with Crippen LogP contribution in [0.25, 0.3) is 10.8 Å². The number of rotatable bonds is 0. The first kappa shape index (κ1) is 12.8. The van der Waals surface area contributed by atoms with Crippen LogP contribution < -0.4 is 0 Å². The molecule has 0 atom stereocenters. The van der Waals surface area contributed by atoms with Crippen molar-refractivity contribution in [1.29, 1.82) is 0 Å². The van der Waals surface area contributed by atoms with E-state index in [2.05, 4.69) is 49.1 Å². The molecule has 0 bridgehead atoms. The van der Waals surface area contributed by atoms with E-state index in [1.54, 1.807) is 0 Å². The Bertz CT molecular complexity index is 835. The minimum atomic E-state index is 0.692. The SMILES string of the molecule is Cc1cccc2ccc(C#Cc3ccccc3Cl)cc12. The van der Waals surface area contributed by atoms with Gasteiger partial charge in [-0.2, -0.15) is 0 Å². The smallest absolute Gasteiger partial charge is 0.0562 e. The number of halogens is 1. The second-order valence-electron chi connectivity index (χ2n) is 4.74. The van der Waals surface area contributed by atoms with E-state index in [4.69, 9.17) is 11.6 Å². The van der Waals surface area contributed by atoms with Gasteiger partial charge in [-0.3, -0.25) is 0 Å². The van der Waals surface area contributed by atoms with Crippen molar-refractivity contribution in [3.63, 3.8) is 0 Å². The highest BCUT2D eigenvalue weighted by Gasteiger charge is 1.98. The zero-order valence-corrected chi connectivity index (χ0v) is 11.9. The lowest BCUT2D eigenvalue weighted by Gasteiger charge is -2.02. The fourth-order valence-corrected chi connectivity index (χ4v) is 2.39. The first-order chi connectivity index (χ1) is 9.74. The number of hydrogen-bond acceptors (Lipinski definition) is 0. The van der Waals surface area contributed by atoms with Crippen molar-refractivity contribution in [1.82, 2.24) is 0 Å². The van der Waals surface area contributed by atoms with Crippen LogP contribution in [0.4, 0.5) is 0 Å². The first-order valence-electron chi connectivity index (χ1n) is 6.50. The maximum atomic E-state index is 6.11. The van der Waals surface area contributed by atoms with Gasteiger partial charge in [0.15, 0.2) is 0 Å². The van der Waals surface area contributed by atoms with Crippen molar-refractivity contribution in [2.24, 2.45) is 0 Å². The molecule has 0 spiro atoms. The molecule has 0 aliphatic heterocycles. The van der Waals surface area contributed by atoms with Crippen LogP contribution in [0.5, 0.6) is 0 Å². The zero-order chi connectivity index (χ0) is 13.9. The average Bonchev–Trinajstić information content (AvgIpc) is 2.47. The van der Waals surface area contributed by atoms with E-state index in [0.717, 1.165) is 11.1 Å². The van der Waals surface area contributed by atoms with Crippen molar-refractivity contribution in [3.8, 4) is 11.8 Å². The molecule has 0 saturated carbocycles. The monoisotopic (exact) mass is 276 g/mol. The maximum absolute atomic E-state index is 6.11. The highest BCUT2D eigenvalue weighted by atomic mass is 35.5. The minimum Gasteiger partial charge on any atom is -0.0830 e. The normalized spacial score (nSPS) is 10.1. The number of hydrogen-bond donors (Lipinski definition) is 0. The Morgan fingerprint density at radius 3 is 2.55 bits per heavy atom. The Morgan fingerprint density at radius 2 is 1.70 bits per heavy atom. The second-order valence-corrected chi connectivity index (χ2v) is 5.15. The highest BCUT2D eigenvalue weighted by Crippen LogP contribution is 2.19. The third-order valence-electron chi connectivity index (χ3n) is 3.32. The van der Waals surface area contributed by atoms with Crippen molar-refractivity contribution in [3.05, 3.63) is 82.4 Å². The predicted molar refractivity (Wildman–Crippen MR) is 86.1 cm³/mol. The molecule has 20 heavy (non-hydrogen) atoms. The average molecular weight is 277 g/mol. The third kappa shape index (κ3) is 2.54. The van der Waals surface area contributed by atoms with E-state index in [-0.39, 0.29) is 0 Å². The van der Waals surface area contributed by atoms with Gasteiger partial charge in [-0.25, -0.2) is 0 Å². The van der Waals surface area contributed by atoms with Gasteiger partial charge in [0.25, 0.3) is 0 Å². The Hall–Kier alpha value is -2.23. The topological polar surface area (TPSA) is 0 Å². The van der Waals surface area contributed by atoms with Crippen LogP contribution in [-0.4, -0.2) is 0 Å². The van der Waals surface area contributed by atoms with Crippen molar-refractivity contribution >= 4 is 22.4 Å². The van der Waals surface area contributed by atoms with Gasteiger partial charge in [0.05, 0.1) is 5.02 Å². The van der Waals surface area contributed by atoms with Crippen LogP contribution >= 0.6 is 11.6 Å². The quantitative estimate of drug-likeness (QED) is 0.495. The molecule has 0 aromatic heterocycles. The summed E-state index contributed by atoms with van der Waals surface area (Å²) in [6.07, 6.45) is 0. The maximum Gasteiger partial charge on any atom is 0.0562 e. The largest absolute Gasteiger partial charge is 0.0830 e. The lowest BCUT2D eigenvalue weighted by Crippen LogP contribution is -1.81. The van der Waals surface area contributed by atoms with Gasteiger partial charge < -0.3 is 0 Å². The lowest BCUT2D eigenvalue weighted by molar-refractivity contribution is 1.52. The molecule has 0 saturated heterocycles. The molecule has 0 heterocycles. The summed E-state index contributed by atoms with van der Waals surface area (Å²) < 4.78 is 0. The summed E-state index contributed by atoms with van der Waals surface area (Å²) in [5.41, 5.74) is 3.13. The van der Waals surface area contributed by atoms with Crippen LogP contribution in [0, 0.1) is 18.8 Å². The molecule has 1 heteroatoms. The summed E-state index contributed by atoms with van der Waals surface area (Å²) in [5, 5.41) is 3.18. The highest BCUT2D eigenvalue weighted by molar-refractivity contribution is 6.31. The van der Waals surface area contributed by atoms with E-state index in [1.165, 1.54) is 16.3 Å². The van der Waals surface area contributed by atoms with Crippen LogP contribution in [0.3, 0.4) is 0 Å². The molecular weight excluding hydrogens is 264 g/mol. The summed E-state index contributed by atoms with van der Waals surface area (Å²) in [4.78, 5) is 0. The van der Waals surface area contributed by atoms with E-state index in [0.29, 0.717) is 5.02 Å². The Morgan fingerprint density at radius 1 is 0.850 bits per heavy atom. The lowest BCUT2D eigenvalue weighted by atomic mass is 10.0. The van der Waals surface area contributed by atoms with Gasteiger partial charge in [-0.1, -0.05) is 59.8 Å². The van der Waals surface area contributed by atoms with Gasteiger partial charge in [-0.15, -0.1) is 0 Å². The van der Waals surface area contributed by atoms with Gasteiger partial charge in [0.1, 0.15) is 0 Å². The third-order valence-corrected chi connectivity index (χ3v) is 3.65. The molecule has 0 radical (unpaired) electrons. The second kappa shape index (κ2) is 5.41. The van der Waals surface area contributed by atoms with Crippen molar-refractivity contribution < 1.29 is 0 Å². The first-order valence-corrected chi connectivity index (χ1v) is 6.88. The van der Waals surface area contributed by atoms with Crippen molar-refractivity contribution in [2.45, 2.75) is 6.92 Å². The zero-order valence-electron chi connectivity index (χ0n) is 11.2. The Labute approximate surface area is 124 Å². The van der Waals surface area contributed by atoms with Gasteiger partial charge in [0, 0.05) is 11.1 Å². The summed E-state index contributed by atoms with van der Waals surface area (Å²) in [7, 11) is 0. The Balaban J connectivity index is 2.05. The van der Waals surface area contributed by atoms with Gasteiger partial charge in [0.2, 0.25) is 0 Å². The molecule has 0 amide bonds. The van der Waals surface area contributed by atoms with Crippen LogP contribution in [0.2, 0.25) is 5.02 Å². The molecule has 96 valence electrons. The summed E-state index contributed by atoms with van der Waals surface area (Å²) >= 11 is 6.11. The Kier molecular flexibility index (Phi) is 3.46. The van der Waals surface area contributed by atoms with E-state index >= 15 is 0 Å². The molecule has 0 fully saturated rings. The minimum absolute atomic E-state index is 0.692. The molecule has 0 nitrogen and oxygen atoms in total. The molecule has 0 unspecified atom stereocenters. The summed E-state index contributed by atoms with van der Waals surface area (Å²) in [6, 6.07) is 20.2. The van der Waals surface area contributed by atoms with Crippen LogP contribution in [0.1, 0.15) is 16.7 Å². The molecule has 0 aliphatic carbocycles. The van der Waals surface area contributed by atoms with Gasteiger partial charge >= 0.3 is 0 Å². The summed E-state index contributed by atoms with van der Waals surface area (Å²) in [6.45, 7) is 2.12. The number of benzene rings is 3. The van der Waals surface area contributed by atoms with E-state index < -0.39 is 0 Å². The van der Waals surface area contributed by atoms with E-state index in [9.17, 15) is 0 Å². The van der Waals surface area contributed by atoms with Crippen LogP contribution in [-0.2, 0) is 0 Å². The molecule has 3 rings (SSSR count). The fraction of sp³-hybridized carbons (Fsp3) is 0.0526. The van der Waals surface area contributed by atoms with Crippen molar-refractivity contribution in [2.75, 3.05) is 0 Å². The number of fused-ring (bicyclic) bond motifs is 1. The molecule has 0 aliphatic rings. The summed E-state index contributed by atoms with van der Waals surface area (Å²) in [5.74, 6) is 6.32. The molecule has 0 N–H and O–H groups in total. The van der Waals surface area contributed by atoms with Crippen LogP contribution in [0.15, 0.2) is 60.7 Å². The van der Waals surface area contributed by atoms with E-state index in [1.807, 2.05) is 30.3 Å². The van der Waals surface area contributed by atoms with Gasteiger partial charge in [-0.05, 0) is 47.5 Å². The molecular formula is C19H13Cl. The standard InChI is InChI=1S/C19H13Cl/c1-14-5-4-7-16-11-9-15(13-18(14)16)10-12-17-6-2-3-8-19(17)20/h2-9,11,13H,1H3. The number of aryl methyl sites for hydroxylation is 1. The fourth-order valence-electron chi connectivity index (χ4n) is 2.21. The predicted octanol–water partition coefficient (Wildman–Crippen LogP) is 5.20.